The van der Waals surface area contributed by atoms with E-state index in [1.165, 1.54) is 135 Å². The normalized spacial score (nSPS) is 48.2. The van der Waals surface area contributed by atoms with Gasteiger partial charge in [0.05, 0.1) is 38.1 Å². The highest BCUT2D eigenvalue weighted by Crippen LogP contribution is 2.76. The number of carbonyl (C=O) groups is 6. The molecule has 0 unspecified atom stereocenters. The van der Waals surface area contributed by atoms with E-state index in [9.17, 15) is 28.8 Å². The summed E-state index contributed by atoms with van der Waals surface area (Å²) in [5.41, 5.74) is 2.18. The first-order valence-electron chi connectivity index (χ1n) is 56.6. The Kier molecular flexibility index (Phi) is 29.5. The molecule has 21 rings (SSSR count). The number of fused-ring (bicyclic) bond motifs is 21. The zero-order chi connectivity index (χ0) is 94.8. The third-order valence-electron chi connectivity index (χ3n) is 45.1. The number of carbonyl (C=O) groups excluding carboxylic acids is 6. The van der Waals surface area contributed by atoms with E-state index in [2.05, 4.69) is 162 Å². The molecule has 0 radical (unpaired) electrons. The number of piperazine rings is 2. The number of nitrogens with one attached hydrogen (secondary N) is 5. The van der Waals surface area contributed by atoms with Crippen molar-refractivity contribution in [3.63, 3.8) is 0 Å². The van der Waals surface area contributed by atoms with Crippen LogP contribution < -0.4 is 26.6 Å². The van der Waals surface area contributed by atoms with Crippen molar-refractivity contribution in [3.05, 3.63) is 0 Å². The third-order valence-corrected chi connectivity index (χ3v) is 45.1. The third kappa shape index (κ3) is 19.2. The second kappa shape index (κ2) is 39.7. The Balaban J connectivity index is 0.000000130. The molecule has 12 aliphatic carbocycles. The molecule has 0 aromatic rings. The minimum Gasteiger partial charge on any atom is -0.356 e. The number of ether oxygens (including phenoxy) is 6. The van der Waals surface area contributed by atoms with E-state index in [-0.39, 0.29) is 96.2 Å². The highest BCUT2D eigenvalue weighted by Gasteiger charge is 2.74. The van der Waals surface area contributed by atoms with Crippen molar-refractivity contribution in [1.29, 1.82) is 0 Å². The maximum absolute atomic E-state index is 13.1. The van der Waals surface area contributed by atoms with Gasteiger partial charge in [0.2, 0.25) is 35.4 Å². The smallest absolute Gasteiger partial charge is 0.232 e. The molecule has 0 bridgehead atoms. The second-order valence-corrected chi connectivity index (χ2v) is 52.7. The number of amides is 6. The summed E-state index contributed by atoms with van der Waals surface area (Å²) >= 11 is 0. The van der Waals surface area contributed by atoms with Crippen molar-refractivity contribution in [2.24, 2.45) is 157 Å². The summed E-state index contributed by atoms with van der Waals surface area (Å²) in [5, 5.41) is 16.0. The number of hydrogen-bond acceptors (Lipinski definition) is 17. The highest BCUT2D eigenvalue weighted by atomic mass is 16.7. The predicted octanol–water partition coefficient (Wildman–Crippen LogP) is 15.6. The SMILES string of the molecule is C[C@H]1CC[C@@]2(OC1)O[C@H]1C[C@H]3[C@@H]4CC[C@@H]5C[C@H](NC(=O)CC(=O)N6CCN(CCN(C)C)CC6)CC[C@]5(C)[C@H]4CC[C@]3(C)[C@H]1[C@@H]2C.C[C@H]1CC[C@@]2(OC1)O[C@H]1C[C@H]3[C@@H]4CC[C@@H]5C[C@H](NC(=O)CC(=O)NC6CCN(C)CC6)CC[C@]5(C)[C@H]4CC[C@]3(C)[C@H]1[C@@H]2C.C[C@H]1CC[C@@]2(OC1)O[C@H]1C[C@H]3[C@@H]4CC[C@@H]5C[C@H](NC(=O)CC(=O)NCCCN6CCN(C)CC6)CC[C@]5(C)[C@H]4CC[C@]3(C)[C@H]1[C@@H]2C. The molecule has 0 aromatic carbocycles. The molecule has 9 saturated heterocycles. The molecular weight excluding hydrogens is 1690 g/mol. The van der Waals surface area contributed by atoms with Crippen LogP contribution in [0.3, 0.4) is 0 Å². The highest BCUT2D eigenvalue weighted by molar-refractivity contribution is 5.98. The van der Waals surface area contributed by atoms with E-state index in [1.807, 2.05) is 4.90 Å². The van der Waals surface area contributed by atoms with Gasteiger partial charge in [-0.2, -0.15) is 0 Å². The van der Waals surface area contributed by atoms with Crippen LogP contribution in [-0.4, -0.2) is 264 Å². The molecule has 21 fully saturated rings. The Labute approximate surface area is 814 Å². The van der Waals surface area contributed by atoms with Gasteiger partial charge in [0.25, 0.3) is 0 Å². The lowest BCUT2D eigenvalue weighted by Gasteiger charge is -2.61. The van der Waals surface area contributed by atoms with Crippen molar-refractivity contribution in [1.82, 2.24) is 56.0 Å². The first-order chi connectivity index (χ1) is 64.4. The summed E-state index contributed by atoms with van der Waals surface area (Å²) in [5.74, 6) is 12.8. The summed E-state index contributed by atoms with van der Waals surface area (Å²) in [6.45, 7) is 45.9. The largest absolute Gasteiger partial charge is 0.356 e. The van der Waals surface area contributed by atoms with Crippen molar-refractivity contribution >= 4 is 35.4 Å². The van der Waals surface area contributed by atoms with E-state index in [0.29, 0.717) is 128 Å². The van der Waals surface area contributed by atoms with Crippen LogP contribution >= 0.6 is 0 Å². The summed E-state index contributed by atoms with van der Waals surface area (Å²) in [6.07, 6.45) is 40.2. The van der Waals surface area contributed by atoms with Crippen LogP contribution in [0.25, 0.3) is 0 Å². The average molecular weight is 1880 g/mol. The van der Waals surface area contributed by atoms with Gasteiger partial charge in [0.15, 0.2) is 17.4 Å². The maximum Gasteiger partial charge on any atom is 0.232 e. The molecule has 12 saturated carbocycles. The molecule has 21 aliphatic rings. The van der Waals surface area contributed by atoms with Crippen LogP contribution in [0, 0.1) is 157 Å². The summed E-state index contributed by atoms with van der Waals surface area (Å²) in [7, 11) is 8.48. The lowest BCUT2D eigenvalue weighted by molar-refractivity contribution is -0.273. The van der Waals surface area contributed by atoms with Gasteiger partial charge in [-0.3, -0.25) is 33.7 Å². The Morgan fingerprint density at radius 2 is 0.681 bits per heavy atom. The zero-order valence-electron chi connectivity index (χ0n) is 87.2. The summed E-state index contributed by atoms with van der Waals surface area (Å²) in [6, 6.07) is 0.831. The van der Waals surface area contributed by atoms with Gasteiger partial charge in [-0.25, -0.2) is 0 Å². The van der Waals surface area contributed by atoms with E-state index >= 15 is 0 Å². The van der Waals surface area contributed by atoms with Crippen molar-refractivity contribution in [2.45, 2.75) is 374 Å². The minimum atomic E-state index is -0.329. The van der Waals surface area contributed by atoms with Gasteiger partial charge in [-0.05, 0) is 379 Å². The zero-order valence-corrected chi connectivity index (χ0v) is 87.2. The van der Waals surface area contributed by atoms with Crippen LogP contribution in [0.4, 0.5) is 0 Å². The first-order valence-corrected chi connectivity index (χ1v) is 56.6. The Morgan fingerprint density at radius 3 is 1.05 bits per heavy atom. The number of hydrogen-bond donors (Lipinski definition) is 5. The van der Waals surface area contributed by atoms with Crippen LogP contribution in [-0.2, 0) is 57.2 Å². The molecular formula is C112H187N11O12. The van der Waals surface area contributed by atoms with E-state index < -0.39 is 0 Å². The van der Waals surface area contributed by atoms with Crippen LogP contribution in [0.1, 0.15) is 314 Å². The van der Waals surface area contributed by atoms with Gasteiger partial charge in [-0.15, -0.1) is 0 Å². The molecule has 135 heavy (non-hydrogen) atoms. The first kappa shape index (κ1) is 100. The summed E-state index contributed by atoms with van der Waals surface area (Å²) < 4.78 is 40.5. The van der Waals surface area contributed by atoms with E-state index in [1.54, 1.807) is 0 Å². The topological polar surface area (TPSA) is 237 Å². The maximum atomic E-state index is 13.1. The Hall–Kier alpha value is -3.62. The molecule has 762 valence electrons. The standard InChI is InChI=1S/2C38H64N4O4.C36H59N3O4/c1-25-9-14-38(45-24-25)26(2)35-32(46-38)22-31-29-8-7-27-21-28(10-12-36(27,3)30(29)11-13-37(31,35)4)39-33(43)23-34(44)42-19-17-41(18-20-42)16-15-40(5)6;1-25-9-14-38(45-24-25)26(2)35-32(46-38)22-31-29-8-7-27-21-28(10-12-36(27,3)30(29)11-13-37(31,35)4)40-34(44)23-33(43)39-15-6-16-42-19-17-41(5)18-20-42;1-22-8-15-36(42-21-22)23(2)33-30(43-36)19-29-27-7-6-24-18-26(9-13-34(24,3)28(27)10-14-35(29,33)4)38-32(41)20-31(40)37-25-11-16-39(5)17-12-25/h25-32,35H,7-24H2,1-6H3,(H,39,43);25-32,35H,6-24H2,1-5H3,(H,39,43)(H,40,44);22-30,33H,6-21H2,1-5H3,(H,37,40)(H,38,41)/t2*25-,26-,27+,28+,29+,30-,31-,32-,35-,36-,37-,38+;22-,23-,24+,26+,27+,28-,29-,30-,33-,34-,35-,36+/m000/s1. The lowest BCUT2D eigenvalue weighted by atomic mass is 9.44. The molecule has 9 aliphatic heterocycles. The number of likely N-dealkylation sites (tertiary alicyclic amines) is 1. The molecule has 0 aromatic heterocycles. The van der Waals surface area contributed by atoms with Crippen LogP contribution in [0.2, 0.25) is 0 Å². The number of piperidine rings is 1. The number of likely N-dealkylation sites (N-methyl/N-ethyl adjacent to an activating group) is 2. The summed E-state index contributed by atoms with van der Waals surface area (Å²) in [4.78, 5) is 90.6. The number of rotatable bonds is 17. The second-order valence-electron chi connectivity index (χ2n) is 52.7. The van der Waals surface area contributed by atoms with Crippen molar-refractivity contribution in [3.8, 4) is 0 Å². The van der Waals surface area contributed by atoms with Gasteiger partial charge in [0.1, 0.15) is 19.3 Å². The quantitative estimate of drug-likeness (QED) is 0.0672. The monoisotopic (exact) mass is 1880 g/mol. The molecule has 36 atom stereocenters. The Bertz CT molecular complexity index is 4130. The molecule has 6 amide bonds. The Morgan fingerprint density at radius 1 is 0.341 bits per heavy atom. The van der Waals surface area contributed by atoms with Crippen molar-refractivity contribution < 1.29 is 57.2 Å². The fraction of sp³-hybridized carbons (Fsp3) is 0.946. The van der Waals surface area contributed by atoms with Gasteiger partial charge < -0.3 is 79.5 Å². The lowest BCUT2D eigenvalue weighted by Crippen LogP contribution is -2.56. The fourth-order valence-corrected chi connectivity index (χ4v) is 37.3. The molecule has 9 heterocycles. The average Bonchev–Trinajstić information content (AvgIpc) is 1.55. The van der Waals surface area contributed by atoms with E-state index in [0.717, 1.165) is 235 Å². The molecule has 23 heteroatoms. The van der Waals surface area contributed by atoms with Gasteiger partial charge in [0, 0.05) is 133 Å². The molecule has 3 spiro atoms. The molecule has 23 nitrogen and oxygen atoms in total. The van der Waals surface area contributed by atoms with Gasteiger partial charge in [-0.1, -0.05) is 83.1 Å². The molecule has 5 N–H and O–H groups in total. The number of nitrogens with zero attached hydrogens (tertiary/aromatic N) is 6. The van der Waals surface area contributed by atoms with Gasteiger partial charge >= 0.3 is 0 Å². The van der Waals surface area contributed by atoms with Crippen LogP contribution in [0.15, 0.2) is 0 Å². The predicted molar refractivity (Wildman–Crippen MR) is 527 cm³/mol. The fourth-order valence-electron chi connectivity index (χ4n) is 37.3. The minimum absolute atomic E-state index is 0.00469. The van der Waals surface area contributed by atoms with E-state index in [4.69, 9.17) is 28.4 Å². The van der Waals surface area contributed by atoms with Crippen molar-refractivity contribution in [2.75, 3.05) is 140 Å². The van der Waals surface area contributed by atoms with Crippen LogP contribution in [0.5, 0.6) is 0 Å².